The van der Waals surface area contributed by atoms with Gasteiger partial charge in [0.15, 0.2) is 5.13 Å². The van der Waals surface area contributed by atoms with E-state index in [2.05, 4.69) is 21.6 Å². The van der Waals surface area contributed by atoms with Gasteiger partial charge in [-0.05, 0) is 30.7 Å². The van der Waals surface area contributed by atoms with Crippen LogP contribution in [0.4, 0.5) is 5.13 Å². The van der Waals surface area contributed by atoms with E-state index < -0.39 is 10.0 Å². The van der Waals surface area contributed by atoms with Gasteiger partial charge in [0.25, 0.3) is 10.0 Å². The maximum atomic E-state index is 12.3. The van der Waals surface area contributed by atoms with Crippen LogP contribution in [0.25, 0.3) is 0 Å². The average Bonchev–Trinajstić information content (AvgIpc) is 3.04. The maximum Gasteiger partial charge on any atom is 0.263 e. The van der Waals surface area contributed by atoms with Crippen molar-refractivity contribution in [3.8, 4) is 5.75 Å². The quantitative estimate of drug-likeness (QED) is 0.649. The van der Waals surface area contributed by atoms with E-state index in [4.69, 9.17) is 4.74 Å². The Labute approximate surface area is 150 Å². The normalized spacial score (nSPS) is 10.9. The van der Waals surface area contributed by atoms with Crippen molar-refractivity contribution in [2.75, 3.05) is 18.4 Å². The van der Waals surface area contributed by atoms with Crippen LogP contribution in [0.3, 0.4) is 0 Å². The second-order valence-corrected chi connectivity index (χ2v) is 7.56. The van der Waals surface area contributed by atoms with Gasteiger partial charge >= 0.3 is 0 Å². The third-order valence-corrected chi connectivity index (χ3v) is 5.49. The summed E-state index contributed by atoms with van der Waals surface area (Å²) in [5, 5.41) is 4.67. The first-order valence-electron chi connectivity index (χ1n) is 7.43. The minimum atomic E-state index is -3.72. The van der Waals surface area contributed by atoms with E-state index in [0.717, 1.165) is 0 Å². The van der Waals surface area contributed by atoms with Crippen LogP contribution in [-0.2, 0) is 21.2 Å². The van der Waals surface area contributed by atoms with Crippen LogP contribution in [0, 0.1) is 0 Å². The zero-order chi connectivity index (χ0) is 18.3. The van der Waals surface area contributed by atoms with Crippen molar-refractivity contribution < 1.29 is 17.9 Å². The van der Waals surface area contributed by atoms with Crippen molar-refractivity contribution >= 4 is 32.4 Å². The van der Waals surface area contributed by atoms with E-state index in [1.807, 2.05) is 0 Å². The fourth-order valence-electron chi connectivity index (χ4n) is 1.91. The van der Waals surface area contributed by atoms with Crippen LogP contribution in [0.1, 0.15) is 12.1 Å². The summed E-state index contributed by atoms with van der Waals surface area (Å²) in [4.78, 5) is 15.9. The van der Waals surface area contributed by atoms with E-state index in [1.165, 1.54) is 30.6 Å². The van der Waals surface area contributed by atoms with Gasteiger partial charge in [-0.25, -0.2) is 13.4 Å². The second-order valence-electron chi connectivity index (χ2n) is 5.02. The molecule has 2 N–H and O–H groups in total. The number of thiazole rings is 1. The van der Waals surface area contributed by atoms with Crippen molar-refractivity contribution in [3.63, 3.8) is 0 Å². The summed E-state index contributed by atoms with van der Waals surface area (Å²) >= 11 is 1.17. The van der Waals surface area contributed by atoms with Crippen molar-refractivity contribution in [2.45, 2.75) is 17.7 Å². The molecule has 0 fully saturated rings. The van der Waals surface area contributed by atoms with Gasteiger partial charge in [-0.3, -0.25) is 9.52 Å². The molecule has 0 spiro atoms. The van der Waals surface area contributed by atoms with Crippen molar-refractivity contribution in [1.29, 1.82) is 0 Å². The van der Waals surface area contributed by atoms with Gasteiger partial charge in [-0.2, -0.15) is 0 Å². The first-order chi connectivity index (χ1) is 11.9. The van der Waals surface area contributed by atoms with Gasteiger partial charge in [-0.15, -0.1) is 17.9 Å². The Morgan fingerprint density at radius 1 is 1.36 bits per heavy atom. The minimum Gasteiger partial charge on any atom is -0.497 e. The van der Waals surface area contributed by atoms with Crippen LogP contribution >= 0.6 is 11.3 Å². The summed E-state index contributed by atoms with van der Waals surface area (Å²) < 4.78 is 32.1. The minimum absolute atomic E-state index is 0.103. The number of ether oxygens (including phenoxy) is 1. The number of methoxy groups -OCH3 is 1. The first-order valence-corrected chi connectivity index (χ1v) is 9.80. The van der Waals surface area contributed by atoms with Gasteiger partial charge < -0.3 is 10.1 Å². The lowest BCUT2D eigenvalue weighted by Crippen LogP contribution is -2.23. The predicted molar refractivity (Wildman–Crippen MR) is 97.4 cm³/mol. The Morgan fingerprint density at radius 3 is 2.72 bits per heavy atom. The third kappa shape index (κ3) is 5.57. The van der Waals surface area contributed by atoms with Gasteiger partial charge in [-0.1, -0.05) is 6.08 Å². The Bertz CT molecular complexity index is 829. The van der Waals surface area contributed by atoms with Gasteiger partial charge in [0.05, 0.1) is 17.7 Å². The number of nitrogens with one attached hydrogen (secondary N) is 2. The van der Waals surface area contributed by atoms with Crippen molar-refractivity contribution in [3.05, 3.63) is 48.0 Å². The van der Waals surface area contributed by atoms with Gasteiger partial charge in [0.2, 0.25) is 5.91 Å². The monoisotopic (exact) mass is 381 g/mol. The number of amides is 1. The molecular formula is C16H19N3O4S2. The van der Waals surface area contributed by atoms with E-state index in [1.54, 1.807) is 23.6 Å². The second kappa shape index (κ2) is 8.63. The number of benzene rings is 1. The first kappa shape index (κ1) is 18.9. The summed E-state index contributed by atoms with van der Waals surface area (Å²) in [5.41, 5.74) is 0.659. The SMILES string of the molecule is C=CCNC(=O)CCc1csc(NS(=O)(=O)c2ccc(OC)cc2)n1. The number of sulfonamides is 1. The molecule has 0 unspecified atom stereocenters. The molecule has 0 aliphatic heterocycles. The highest BCUT2D eigenvalue weighted by molar-refractivity contribution is 7.93. The average molecular weight is 381 g/mol. The summed E-state index contributed by atoms with van der Waals surface area (Å²) in [5.74, 6) is 0.471. The topological polar surface area (TPSA) is 97.4 Å². The lowest BCUT2D eigenvalue weighted by Gasteiger charge is -2.06. The van der Waals surface area contributed by atoms with E-state index in [9.17, 15) is 13.2 Å². The summed E-state index contributed by atoms with van der Waals surface area (Å²) in [6.07, 6.45) is 2.32. The van der Waals surface area contributed by atoms with E-state index in [-0.39, 0.29) is 22.4 Å². The number of carbonyl (C=O) groups is 1. The summed E-state index contributed by atoms with van der Waals surface area (Å²) in [6.45, 7) is 3.94. The highest BCUT2D eigenvalue weighted by Crippen LogP contribution is 2.22. The molecule has 1 aromatic carbocycles. The van der Waals surface area contributed by atoms with Crippen molar-refractivity contribution in [1.82, 2.24) is 10.3 Å². The Morgan fingerprint density at radius 2 is 2.08 bits per heavy atom. The molecule has 0 aliphatic carbocycles. The zero-order valence-corrected chi connectivity index (χ0v) is 15.3. The molecule has 0 aliphatic rings. The van der Waals surface area contributed by atoms with E-state index >= 15 is 0 Å². The standard InChI is InChI=1S/C16H19N3O4S2/c1-3-10-17-15(20)9-4-12-11-24-16(18-12)19-25(21,22)14-7-5-13(23-2)6-8-14/h3,5-8,11H,1,4,9-10H2,2H3,(H,17,20)(H,18,19). The predicted octanol–water partition coefficient (Wildman–Crippen LogP) is 2.19. The fraction of sp³-hybridized carbons (Fsp3) is 0.250. The molecule has 25 heavy (non-hydrogen) atoms. The molecule has 134 valence electrons. The molecule has 2 rings (SSSR count). The van der Waals surface area contributed by atoms with Gasteiger partial charge in [0, 0.05) is 18.3 Å². The van der Waals surface area contributed by atoms with Crippen LogP contribution < -0.4 is 14.8 Å². The highest BCUT2D eigenvalue weighted by atomic mass is 32.2. The number of hydrogen-bond acceptors (Lipinski definition) is 6. The number of anilines is 1. The number of hydrogen-bond donors (Lipinski definition) is 2. The summed E-state index contributed by atoms with van der Waals surface area (Å²) in [6, 6.07) is 6.06. The van der Waals surface area contributed by atoms with Crippen LogP contribution in [0.5, 0.6) is 5.75 Å². The van der Waals surface area contributed by atoms with Crippen LogP contribution in [-0.4, -0.2) is 33.0 Å². The lowest BCUT2D eigenvalue weighted by atomic mass is 10.2. The fourth-order valence-corrected chi connectivity index (χ4v) is 3.91. The zero-order valence-electron chi connectivity index (χ0n) is 13.7. The molecule has 7 nitrogen and oxygen atoms in total. The number of carbonyl (C=O) groups excluding carboxylic acids is 1. The third-order valence-electron chi connectivity index (χ3n) is 3.19. The van der Waals surface area contributed by atoms with Crippen LogP contribution in [0.2, 0.25) is 0 Å². The van der Waals surface area contributed by atoms with Gasteiger partial charge in [0.1, 0.15) is 5.75 Å². The molecule has 0 atom stereocenters. The maximum absolute atomic E-state index is 12.3. The largest absolute Gasteiger partial charge is 0.497 e. The molecule has 0 bridgehead atoms. The van der Waals surface area contributed by atoms with Crippen molar-refractivity contribution in [2.24, 2.45) is 0 Å². The molecular weight excluding hydrogens is 362 g/mol. The Kier molecular flexibility index (Phi) is 6.54. The molecule has 0 radical (unpaired) electrons. The molecule has 1 heterocycles. The number of nitrogens with zero attached hydrogens (tertiary/aromatic N) is 1. The lowest BCUT2D eigenvalue weighted by molar-refractivity contribution is -0.120. The molecule has 1 amide bonds. The molecule has 0 saturated heterocycles. The molecule has 0 saturated carbocycles. The summed E-state index contributed by atoms with van der Waals surface area (Å²) in [7, 11) is -2.21. The van der Waals surface area contributed by atoms with E-state index in [0.29, 0.717) is 24.4 Å². The molecule has 2 aromatic rings. The Hall–Kier alpha value is -2.39. The molecule has 9 heteroatoms. The highest BCUT2D eigenvalue weighted by Gasteiger charge is 2.16. The number of rotatable bonds is 9. The van der Waals surface area contributed by atoms with Crippen LogP contribution in [0.15, 0.2) is 47.2 Å². The number of aromatic nitrogens is 1. The molecule has 1 aromatic heterocycles. The number of aryl methyl sites for hydroxylation is 1. The smallest absolute Gasteiger partial charge is 0.263 e. The Balaban J connectivity index is 1.97.